The van der Waals surface area contributed by atoms with Crippen LogP contribution in [-0.4, -0.2) is 29.2 Å². The summed E-state index contributed by atoms with van der Waals surface area (Å²) in [7, 11) is 0. The SMILES string of the molecule is CCCCCCCCC=CCCCCCCCC(=O)OC(=O)[C@@](C)(N)CO. The maximum absolute atomic E-state index is 11.6. The molecule has 0 bridgehead atoms. The molecule has 0 aromatic carbocycles. The first-order valence-electron chi connectivity index (χ1n) is 10.7. The zero-order valence-corrected chi connectivity index (χ0v) is 17.5. The number of esters is 2. The minimum atomic E-state index is -1.52. The van der Waals surface area contributed by atoms with Crippen molar-refractivity contribution in [3.63, 3.8) is 0 Å². The maximum Gasteiger partial charge on any atom is 0.335 e. The van der Waals surface area contributed by atoms with E-state index in [1.54, 1.807) is 0 Å². The van der Waals surface area contributed by atoms with Crippen LogP contribution in [0, 0.1) is 0 Å². The summed E-state index contributed by atoms with van der Waals surface area (Å²) in [5.41, 5.74) is 4.00. The van der Waals surface area contributed by atoms with Gasteiger partial charge in [-0.2, -0.15) is 0 Å². The van der Waals surface area contributed by atoms with Crippen LogP contribution in [0.5, 0.6) is 0 Å². The average molecular weight is 384 g/mol. The lowest BCUT2D eigenvalue weighted by atomic mass is 10.1. The highest BCUT2D eigenvalue weighted by Crippen LogP contribution is 2.11. The highest BCUT2D eigenvalue weighted by Gasteiger charge is 2.31. The standard InChI is InChI=1S/C22H41NO4/c1-3-4-5-6-7-8-9-10-11-12-13-14-15-16-17-18-20(25)27-21(26)22(2,23)19-24/h10-11,24H,3-9,12-19,23H2,1-2H3/t22-/m0/s1. The first-order valence-corrected chi connectivity index (χ1v) is 10.7. The number of carbonyl (C=O) groups is 2. The molecule has 0 saturated carbocycles. The van der Waals surface area contributed by atoms with Crippen molar-refractivity contribution in [2.75, 3.05) is 6.61 Å². The molecule has 5 heteroatoms. The predicted octanol–water partition coefficient (Wildman–Crippen LogP) is 4.80. The van der Waals surface area contributed by atoms with E-state index in [9.17, 15) is 9.59 Å². The molecule has 158 valence electrons. The quantitative estimate of drug-likeness (QED) is 0.163. The fourth-order valence-electron chi connectivity index (χ4n) is 2.68. The van der Waals surface area contributed by atoms with Gasteiger partial charge in [-0.1, -0.05) is 70.4 Å². The van der Waals surface area contributed by atoms with Crippen LogP contribution in [0.4, 0.5) is 0 Å². The van der Waals surface area contributed by atoms with Crippen LogP contribution in [0.1, 0.15) is 104 Å². The van der Waals surface area contributed by atoms with E-state index in [1.165, 1.54) is 58.3 Å². The molecule has 0 aromatic rings. The maximum atomic E-state index is 11.6. The van der Waals surface area contributed by atoms with Gasteiger partial charge in [0.15, 0.2) is 0 Å². The molecule has 0 saturated heterocycles. The zero-order chi connectivity index (χ0) is 20.4. The van der Waals surface area contributed by atoms with E-state index in [0.29, 0.717) is 6.42 Å². The summed E-state index contributed by atoms with van der Waals surface area (Å²) < 4.78 is 4.65. The molecule has 0 rings (SSSR count). The van der Waals surface area contributed by atoms with E-state index in [2.05, 4.69) is 23.8 Å². The van der Waals surface area contributed by atoms with Crippen LogP contribution in [0.2, 0.25) is 0 Å². The van der Waals surface area contributed by atoms with E-state index < -0.39 is 24.1 Å². The van der Waals surface area contributed by atoms with Gasteiger partial charge in [0.05, 0.1) is 6.61 Å². The molecule has 0 unspecified atom stereocenters. The lowest BCUT2D eigenvalue weighted by Crippen LogP contribution is -2.50. The molecule has 0 aromatic heterocycles. The Balaban J connectivity index is 3.43. The molecule has 0 aliphatic rings. The fraction of sp³-hybridized carbons (Fsp3) is 0.818. The van der Waals surface area contributed by atoms with Gasteiger partial charge in [-0.3, -0.25) is 4.79 Å². The molecule has 1 atom stereocenters. The molecule has 0 radical (unpaired) electrons. The lowest BCUT2D eigenvalue weighted by Gasteiger charge is -2.18. The van der Waals surface area contributed by atoms with E-state index in [4.69, 9.17) is 10.8 Å². The second-order valence-corrected chi connectivity index (χ2v) is 7.67. The van der Waals surface area contributed by atoms with Gasteiger partial charge in [-0.15, -0.1) is 0 Å². The number of aliphatic hydroxyl groups is 1. The summed E-state index contributed by atoms with van der Waals surface area (Å²) in [5.74, 6) is -1.44. The molecular formula is C22H41NO4. The number of carbonyl (C=O) groups excluding carboxylic acids is 2. The second kappa shape index (κ2) is 16.9. The molecule has 5 nitrogen and oxygen atoms in total. The summed E-state index contributed by atoms with van der Waals surface area (Å²) in [4.78, 5) is 23.1. The van der Waals surface area contributed by atoms with Crippen LogP contribution >= 0.6 is 0 Å². The summed E-state index contributed by atoms with van der Waals surface area (Å²) in [6.45, 7) is 3.04. The monoisotopic (exact) mass is 383 g/mol. The van der Waals surface area contributed by atoms with Crippen molar-refractivity contribution >= 4 is 11.9 Å². The van der Waals surface area contributed by atoms with Crippen molar-refractivity contribution in [1.82, 2.24) is 0 Å². The molecule has 3 N–H and O–H groups in total. The Labute approximate surface area is 165 Å². The Kier molecular flexibility index (Phi) is 16.2. The summed E-state index contributed by atoms with van der Waals surface area (Å²) in [6.07, 6.45) is 20.3. The van der Waals surface area contributed by atoms with E-state index >= 15 is 0 Å². The third kappa shape index (κ3) is 15.5. The van der Waals surface area contributed by atoms with Gasteiger partial charge in [0.2, 0.25) is 0 Å². The molecule has 0 spiro atoms. The molecular weight excluding hydrogens is 342 g/mol. The van der Waals surface area contributed by atoms with Crippen molar-refractivity contribution in [3.05, 3.63) is 12.2 Å². The first kappa shape index (κ1) is 25.8. The number of unbranched alkanes of at least 4 members (excludes halogenated alkanes) is 11. The lowest BCUT2D eigenvalue weighted by molar-refractivity contribution is -0.164. The third-order valence-corrected chi connectivity index (χ3v) is 4.64. The normalized spacial score (nSPS) is 13.6. The molecule has 0 amide bonds. The van der Waals surface area contributed by atoms with Gasteiger partial charge in [0.1, 0.15) is 5.54 Å². The molecule has 0 aliphatic heterocycles. The third-order valence-electron chi connectivity index (χ3n) is 4.64. The Morgan fingerprint density at radius 3 is 1.89 bits per heavy atom. The minimum absolute atomic E-state index is 0.214. The summed E-state index contributed by atoms with van der Waals surface area (Å²) in [5, 5.41) is 8.95. The Morgan fingerprint density at radius 1 is 0.889 bits per heavy atom. The summed E-state index contributed by atoms with van der Waals surface area (Å²) in [6, 6.07) is 0. The van der Waals surface area contributed by atoms with Crippen LogP contribution in [0.3, 0.4) is 0 Å². The molecule has 0 fully saturated rings. The first-order chi connectivity index (χ1) is 12.9. The van der Waals surface area contributed by atoms with E-state index in [0.717, 1.165) is 25.7 Å². The highest BCUT2D eigenvalue weighted by molar-refractivity contribution is 5.90. The van der Waals surface area contributed by atoms with Crippen LogP contribution in [0.15, 0.2) is 12.2 Å². The largest absolute Gasteiger partial charge is 0.394 e. The van der Waals surface area contributed by atoms with Crippen molar-refractivity contribution in [1.29, 1.82) is 0 Å². The molecule has 27 heavy (non-hydrogen) atoms. The van der Waals surface area contributed by atoms with Gasteiger partial charge in [-0.05, 0) is 39.0 Å². The smallest absolute Gasteiger partial charge is 0.335 e. The number of rotatable bonds is 17. The molecule has 0 aliphatic carbocycles. The molecule has 0 heterocycles. The Morgan fingerprint density at radius 2 is 1.37 bits per heavy atom. The van der Waals surface area contributed by atoms with E-state index in [1.807, 2.05) is 0 Å². The zero-order valence-electron chi connectivity index (χ0n) is 17.5. The number of aliphatic hydroxyl groups excluding tert-OH is 1. The number of hydrogen-bond acceptors (Lipinski definition) is 5. The van der Waals surface area contributed by atoms with Gasteiger partial charge in [0, 0.05) is 6.42 Å². The van der Waals surface area contributed by atoms with Gasteiger partial charge in [-0.25, -0.2) is 4.79 Å². The Hall–Kier alpha value is -1.20. The van der Waals surface area contributed by atoms with Crippen molar-refractivity contribution in [3.8, 4) is 0 Å². The highest BCUT2D eigenvalue weighted by atomic mass is 16.6. The Bertz CT molecular complexity index is 419. The van der Waals surface area contributed by atoms with Crippen molar-refractivity contribution < 1.29 is 19.4 Å². The van der Waals surface area contributed by atoms with Gasteiger partial charge in [0.25, 0.3) is 0 Å². The fourth-order valence-corrected chi connectivity index (χ4v) is 2.68. The number of hydrogen-bond donors (Lipinski definition) is 2. The minimum Gasteiger partial charge on any atom is -0.394 e. The van der Waals surface area contributed by atoms with Gasteiger partial charge < -0.3 is 15.6 Å². The number of allylic oxidation sites excluding steroid dienone is 2. The summed E-state index contributed by atoms with van der Waals surface area (Å²) >= 11 is 0. The average Bonchev–Trinajstić information content (AvgIpc) is 2.64. The van der Waals surface area contributed by atoms with Crippen LogP contribution in [0.25, 0.3) is 0 Å². The van der Waals surface area contributed by atoms with Gasteiger partial charge >= 0.3 is 11.9 Å². The van der Waals surface area contributed by atoms with Crippen molar-refractivity contribution in [2.24, 2.45) is 5.73 Å². The topological polar surface area (TPSA) is 89.6 Å². The number of nitrogens with two attached hydrogens (primary N) is 1. The second-order valence-electron chi connectivity index (χ2n) is 7.67. The van der Waals surface area contributed by atoms with E-state index in [-0.39, 0.29) is 6.42 Å². The van der Waals surface area contributed by atoms with Crippen molar-refractivity contribution in [2.45, 2.75) is 109 Å². The van der Waals surface area contributed by atoms with Crippen LogP contribution < -0.4 is 5.73 Å². The number of ether oxygens (including phenoxy) is 1. The predicted molar refractivity (Wildman–Crippen MR) is 110 cm³/mol. The van der Waals surface area contributed by atoms with Crippen LogP contribution in [-0.2, 0) is 14.3 Å².